The second-order valence-electron chi connectivity index (χ2n) is 7.05. The maximum Gasteiger partial charge on any atom is 0.321 e. The quantitative estimate of drug-likeness (QED) is 0.458. The van der Waals surface area contributed by atoms with Crippen LogP contribution in [0.3, 0.4) is 0 Å². The summed E-state index contributed by atoms with van der Waals surface area (Å²) in [4.78, 5) is 48.8. The van der Waals surface area contributed by atoms with E-state index in [2.05, 4.69) is 27.7 Å². The topological polar surface area (TPSA) is 139 Å². The van der Waals surface area contributed by atoms with Crippen molar-refractivity contribution < 1.29 is 34.5 Å². The van der Waals surface area contributed by atoms with Crippen LogP contribution in [-0.4, -0.2) is 113 Å². The molecule has 10 nitrogen and oxygen atoms in total. The molecule has 1 atom stereocenters. The Morgan fingerprint density at radius 1 is 0.750 bits per heavy atom. The molecule has 0 radical (unpaired) electrons. The molecular formula is C22H45N3O7. The van der Waals surface area contributed by atoms with Crippen molar-refractivity contribution in [1.82, 2.24) is 14.7 Å². The van der Waals surface area contributed by atoms with Crippen LogP contribution in [-0.2, 0) is 19.2 Å². The molecule has 1 aliphatic heterocycles. The molecule has 1 fully saturated rings. The molecule has 1 aliphatic rings. The van der Waals surface area contributed by atoms with Crippen molar-refractivity contribution in [2.75, 3.05) is 52.4 Å². The van der Waals surface area contributed by atoms with Gasteiger partial charge in [-0.05, 0) is 0 Å². The Bertz CT molecular complexity index is 474. The molecule has 0 aromatic heterocycles. The fraction of sp³-hybridized carbons (Fsp3) is 0.818. The Hall–Kier alpha value is -2.04. The van der Waals surface area contributed by atoms with Crippen LogP contribution in [0, 0.1) is 0 Å². The van der Waals surface area contributed by atoms with E-state index in [0.29, 0.717) is 45.6 Å². The molecule has 0 saturated carbocycles. The highest BCUT2D eigenvalue weighted by Crippen LogP contribution is 2.08. The zero-order chi connectivity index (χ0) is 25.5. The molecule has 0 aromatic carbocycles. The summed E-state index contributed by atoms with van der Waals surface area (Å²) < 4.78 is 0. The van der Waals surface area contributed by atoms with E-state index in [0.717, 1.165) is 0 Å². The third-order valence-electron chi connectivity index (χ3n) is 3.90. The van der Waals surface area contributed by atoms with Crippen molar-refractivity contribution in [2.24, 2.45) is 0 Å². The normalized spacial score (nSPS) is 16.1. The van der Waals surface area contributed by atoms with E-state index in [1.54, 1.807) is 14.7 Å². The first kappa shape index (κ1) is 34.6. The second kappa shape index (κ2) is 23.6. The summed E-state index contributed by atoms with van der Waals surface area (Å²) in [5, 5.41) is 27.2. The van der Waals surface area contributed by atoms with Gasteiger partial charge in [-0.1, -0.05) is 54.4 Å². The minimum atomic E-state index is -1.13. The number of aliphatic carboxylic acids is 3. The molecule has 1 saturated heterocycles. The van der Waals surface area contributed by atoms with Crippen molar-refractivity contribution >= 4 is 24.2 Å². The molecule has 0 spiro atoms. The highest BCUT2D eigenvalue weighted by atomic mass is 16.4. The van der Waals surface area contributed by atoms with E-state index in [1.165, 1.54) is 12.8 Å². The number of carboxylic acids is 3. The van der Waals surface area contributed by atoms with Gasteiger partial charge in [-0.25, -0.2) is 0 Å². The summed E-state index contributed by atoms with van der Waals surface area (Å²) in [6.07, 6.45) is 2.86. The zero-order valence-electron chi connectivity index (χ0n) is 20.7. The Morgan fingerprint density at radius 3 is 1.31 bits per heavy atom. The molecular weight excluding hydrogens is 418 g/mol. The van der Waals surface area contributed by atoms with Gasteiger partial charge < -0.3 is 20.1 Å². The third-order valence-corrected chi connectivity index (χ3v) is 3.90. The molecule has 3 N–H and O–H groups in total. The van der Waals surface area contributed by atoms with E-state index in [4.69, 9.17) is 10.2 Å². The number of rotatable bonds is 8. The third kappa shape index (κ3) is 19.9. The number of carbonyl (C=O) groups excluding carboxylic acids is 1. The summed E-state index contributed by atoms with van der Waals surface area (Å²) >= 11 is 0. The number of nitrogens with zero attached hydrogens (tertiary/aromatic N) is 3. The van der Waals surface area contributed by atoms with Gasteiger partial charge in [0, 0.05) is 45.7 Å². The lowest BCUT2D eigenvalue weighted by Gasteiger charge is -2.29. The average molecular weight is 464 g/mol. The van der Waals surface area contributed by atoms with E-state index in [1.807, 2.05) is 13.8 Å². The summed E-state index contributed by atoms with van der Waals surface area (Å²) in [6.45, 7) is 14.1. The van der Waals surface area contributed by atoms with Gasteiger partial charge in [-0.15, -0.1) is 0 Å². The average Bonchev–Trinajstić information content (AvgIpc) is 2.80. The fourth-order valence-corrected chi connectivity index (χ4v) is 2.67. The SMILES string of the molecule is CC.CCC.CCC.O=CCC(C(=O)O)N1CCN(CC(=O)O)CCN(CC(=O)O)CC1. The van der Waals surface area contributed by atoms with Gasteiger partial charge in [0.25, 0.3) is 0 Å². The van der Waals surface area contributed by atoms with Crippen molar-refractivity contribution in [3.63, 3.8) is 0 Å². The molecule has 190 valence electrons. The van der Waals surface area contributed by atoms with Crippen molar-refractivity contribution in [3.05, 3.63) is 0 Å². The van der Waals surface area contributed by atoms with Crippen LogP contribution in [0.1, 0.15) is 60.8 Å². The fourth-order valence-electron chi connectivity index (χ4n) is 2.67. The standard InChI is InChI=1S/C14H23N3O7.2C3H8.C2H6/c18-8-1-11(14(23)24)17-6-4-15(9-12(19)20)2-3-16(5-7-17)10-13(21)22;2*1-3-2;1-2/h8,11H,1-7,9-10H2,(H,19,20)(H,21,22)(H,23,24);2*3H2,1-2H3;1-2H3. The van der Waals surface area contributed by atoms with Crippen LogP contribution >= 0.6 is 0 Å². The Balaban J connectivity index is -0.000000920. The Kier molecular flexibility index (Phi) is 25.5. The summed E-state index contributed by atoms with van der Waals surface area (Å²) in [5.41, 5.74) is 0. The van der Waals surface area contributed by atoms with E-state index in [9.17, 15) is 24.3 Å². The first-order chi connectivity index (χ1) is 15.2. The molecule has 1 heterocycles. The number of carboxylic acid groups (broad SMARTS) is 3. The lowest BCUT2D eigenvalue weighted by Crippen LogP contribution is -2.47. The van der Waals surface area contributed by atoms with E-state index < -0.39 is 23.9 Å². The summed E-state index contributed by atoms with van der Waals surface area (Å²) in [7, 11) is 0. The highest BCUT2D eigenvalue weighted by molar-refractivity contribution is 5.77. The monoisotopic (exact) mass is 463 g/mol. The number of aldehydes is 1. The first-order valence-electron chi connectivity index (χ1n) is 11.4. The second-order valence-corrected chi connectivity index (χ2v) is 7.05. The predicted octanol–water partition coefficient (Wildman–Crippen LogP) is 1.98. The van der Waals surface area contributed by atoms with Crippen LogP contribution in [0.15, 0.2) is 0 Å². The number of hydrogen-bond acceptors (Lipinski definition) is 7. The number of carbonyl (C=O) groups is 4. The molecule has 0 amide bonds. The van der Waals surface area contributed by atoms with Crippen molar-refractivity contribution in [1.29, 1.82) is 0 Å². The number of hydrogen-bond donors (Lipinski definition) is 3. The van der Waals surface area contributed by atoms with Crippen molar-refractivity contribution in [2.45, 2.75) is 66.8 Å². The van der Waals surface area contributed by atoms with Crippen LogP contribution in [0.25, 0.3) is 0 Å². The van der Waals surface area contributed by atoms with Crippen LogP contribution in [0.5, 0.6) is 0 Å². The van der Waals surface area contributed by atoms with Gasteiger partial charge in [0.1, 0.15) is 12.3 Å². The molecule has 0 bridgehead atoms. The molecule has 1 unspecified atom stereocenters. The minimum absolute atomic E-state index is 0.173. The van der Waals surface area contributed by atoms with Crippen molar-refractivity contribution in [3.8, 4) is 0 Å². The summed E-state index contributed by atoms with van der Waals surface area (Å²) in [5.74, 6) is -3.14. The van der Waals surface area contributed by atoms with Gasteiger partial charge in [-0.2, -0.15) is 0 Å². The van der Waals surface area contributed by atoms with E-state index >= 15 is 0 Å². The molecule has 0 aliphatic carbocycles. The predicted molar refractivity (Wildman–Crippen MR) is 125 cm³/mol. The Morgan fingerprint density at radius 2 is 1.06 bits per heavy atom. The smallest absolute Gasteiger partial charge is 0.321 e. The van der Waals surface area contributed by atoms with Gasteiger partial charge in [0.15, 0.2) is 0 Å². The molecule has 32 heavy (non-hydrogen) atoms. The van der Waals surface area contributed by atoms with Gasteiger partial charge >= 0.3 is 17.9 Å². The maximum atomic E-state index is 11.4. The summed E-state index contributed by atoms with van der Waals surface area (Å²) in [6, 6.07) is -1.00. The minimum Gasteiger partial charge on any atom is -0.480 e. The van der Waals surface area contributed by atoms with Crippen LogP contribution < -0.4 is 0 Å². The maximum absolute atomic E-state index is 11.4. The molecule has 10 heteroatoms. The van der Waals surface area contributed by atoms with Crippen LogP contribution in [0.4, 0.5) is 0 Å². The van der Waals surface area contributed by atoms with Gasteiger partial charge in [0.05, 0.1) is 13.1 Å². The zero-order valence-corrected chi connectivity index (χ0v) is 20.7. The van der Waals surface area contributed by atoms with Gasteiger partial charge in [-0.3, -0.25) is 29.1 Å². The first-order valence-corrected chi connectivity index (χ1v) is 11.4. The Labute approximate surface area is 193 Å². The van der Waals surface area contributed by atoms with E-state index in [-0.39, 0.29) is 19.5 Å². The lowest BCUT2D eigenvalue weighted by atomic mass is 10.2. The van der Waals surface area contributed by atoms with Gasteiger partial charge in [0.2, 0.25) is 0 Å². The van der Waals surface area contributed by atoms with Crippen LogP contribution in [0.2, 0.25) is 0 Å². The molecule has 0 aromatic rings. The lowest BCUT2D eigenvalue weighted by molar-refractivity contribution is -0.145. The highest BCUT2D eigenvalue weighted by Gasteiger charge is 2.27. The largest absolute Gasteiger partial charge is 0.480 e. The molecule has 1 rings (SSSR count).